The predicted octanol–water partition coefficient (Wildman–Crippen LogP) is 0.254. The van der Waals surface area contributed by atoms with Crippen molar-refractivity contribution in [1.82, 2.24) is 10.2 Å². The average Bonchev–Trinajstić information content (AvgIpc) is 2.27. The first-order valence-corrected chi connectivity index (χ1v) is 5.55. The van der Waals surface area contributed by atoms with E-state index in [-0.39, 0.29) is 17.8 Å². The number of carbonyl (C=O) groups is 2. The summed E-state index contributed by atoms with van der Waals surface area (Å²) in [5, 5.41) is 3.08. The lowest BCUT2D eigenvalue weighted by Crippen LogP contribution is -2.35. The van der Waals surface area contributed by atoms with Crippen LogP contribution in [0.4, 0.5) is 0 Å². The van der Waals surface area contributed by atoms with Gasteiger partial charge in [-0.3, -0.25) is 9.59 Å². The van der Waals surface area contributed by atoms with Crippen molar-refractivity contribution in [3.8, 4) is 0 Å². The first kappa shape index (κ1) is 14.9. The fraction of sp³-hybridized carbons (Fsp3) is 0.818. The van der Waals surface area contributed by atoms with Crippen molar-refractivity contribution in [2.45, 2.75) is 20.3 Å². The monoisotopic (exact) mass is 230 g/mol. The molecule has 0 aromatic rings. The van der Waals surface area contributed by atoms with Crippen LogP contribution in [0.1, 0.15) is 20.3 Å². The van der Waals surface area contributed by atoms with E-state index in [1.807, 2.05) is 6.92 Å². The lowest BCUT2D eigenvalue weighted by Gasteiger charge is -2.20. The number of ether oxygens (including phenoxy) is 1. The Hall–Kier alpha value is -1.10. The number of rotatable bonds is 7. The molecule has 1 atom stereocenters. The molecule has 0 saturated heterocycles. The maximum absolute atomic E-state index is 11.6. The molecule has 94 valence electrons. The Morgan fingerprint density at radius 3 is 2.56 bits per heavy atom. The van der Waals surface area contributed by atoms with Crippen molar-refractivity contribution in [2.24, 2.45) is 5.92 Å². The molecule has 0 fully saturated rings. The molecule has 5 nitrogen and oxygen atoms in total. The Morgan fingerprint density at radius 1 is 1.44 bits per heavy atom. The summed E-state index contributed by atoms with van der Waals surface area (Å²) < 4.78 is 4.60. The summed E-state index contributed by atoms with van der Waals surface area (Å²) in [4.78, 5) is 24.3. The number of methoxy groups -OCH3 is 1. The van der Waals surface area contributed by atoms with Crippen LogP contribution in [0, 0.1) is 5.92 Å². The highest BCUT2D eigenvalue weighted by Crippen LogP contribution is 2.01. The largest absolute Gasteiger partial charge is 0.469 e. The van der Waals surface area contributed by atoms with Crippen molar-refractivity contribution in [3.05, 3.63) is 0 Å². The van der Waals surface area contributed by atoms with E-state index in [9.17, 15) is 9.59 Å². The molecule has 0 bridgehead atoms. The highest BCUT2D eigenvalue weighted by Gasteiger charge is 2.18. The second-order valence-corrected chi connectivity index (χ2v) is 3.80. The number of nitrogens with one attached hydrogen (secondary N) is 1. The molecule has 16 heavy (non-hydrogen) atoms. The maximum Gasteiger partial charge on any atom is 0.310 e. The minimum Gasteiger partial charge on any atom is -0.469 e. The normalized spacial score (nSPS) is 12.0. The summed E-state index contributed by atoms with van der Waals surface area (Å²) in [5.74, 6) is -0.527. The number of carbonyl (C=O) groups excluding carboxylic acids is 2. The van der Waals surface area contributed by atoms with Gasteiger partial charge in [-0.25, -0.2) is 0 Å². The summed E-state index contributed by atoms with van der Waals surface area (Å²) in [6.07, 6.45) is 0.457. The number of hydrogen-bond acceptors (Lipinski definition) is 4. The number of nitrogens with zero attached hydrogens (tertiary/aromatic N) is 1. The van der Waals surface area contributed by atoms with Gasteiger partial charge in [0.1, 0.15) is 0 Å². The van der Waals surface area contributed by atoms with E-state index in [1.54, 1.807) is 18.9 Å². The van der Waals surface area contributed by atoms with Crippen molar-refractivity contribution < 1.29 is 14.3 Å². The van der Waals surface area contributed by atoms with E-state index in [1.165, 1.54) is 7.11 Å². The van der Waals surface area contributed by atoms with Crippen molar-refractivity contribution in [1.29, 1.82) is 0 Å². The molecular formula is C11H22N2O3. The van der Waals surface area contributed by atoms with Crippen LogP contribution >= 0.6 is 0 Å². The minimum absolute atomic E-state index is 0.0386. The van der Waals surface area contributed by atoms with Gasteiger partial charge in [0.2, 0.25) is 5.91 Å². The van der Waals surface area contributed by atoms with E-state index in [4.69, 9.17) is 0 Å². The van der Waals surface area contributed by atoms with Crippen molar-refractivity contribution >= 4 is 11.9 Å². The molecule has 0 aromatic carbocycles. The van der Waals surface area contributed by atoms with Crippen LogP contribution in [0.15, 0.2) is 0 Å². The molecular weight excluding hydrogens is 208 g/mol. The van der Waals surface area contributed by atoms with E-state index in [0.717, 1.165) is 6.54 Å². The molecule has 0 spiro atoms. The quantitative estimate of drug-likeness (QED) is 0.503. The second kappa shape index (κ2) is 8.10. The van der Waals surface area contributed by atoms with Crippen LogP contribution in [0.3, 0.4) is 0 Å². The van der Waals surface area contributed by atoms with Gasteiger partial charge in [-0.2, -0.15) is 0 Å². The Labute approximate surface area is 97.1 Å². The van der Waals surface area contributed by atoms with Crippen LogP contribution in [-0.4, -0.2) is 50.6 Å². The van der Waals surface area contributed by atoms with Gasteiger partial charge in [-0.15, -0.1) is 0 Å². The molecule has 0 aliphatic heterocycles. The zero-order valence-electron chi connectivity index (χ0n) is 10.6. The van der Waals surface area contributed by atoms with Crippen LogP contribution in [-0.2, 0) is 14.3 Å². The molecule has 1 unspecified atom stereocenters. The predicted molar refractivity (Wildman–Crippen MR) is 62.0 cm³/mol. The van der Waals surface area contributed by atoms with Crippen LogP contribution in [0.2, 0.25) is 0 Å². The standard InChI is InChI=1S/C11H22N2O3/c1-5-12-7-6-10(14)13(3)8-9(2)11(15)16-4/h9,12H,5-8H2,1-4H3. The van der Waals surface area contributed by atoms with Gasteiger partial charge in [-0.05, 0) is 6.54 Å². The molecule has 0 heterocycles. The smallest absolute Gasteiger partial charge is 0.310 e. The Morgan fingerprint density at radius 2 is 2.06 bits per heavy atom. The van der Waals surface area contributed by atoms with E-state index >= 15 is 0 Å². The molecule has 1 N–H and O–H groups in total. The molecule has 0 radical (unpaired) electrons. The Bertz CT molecular complexity index is 231. The molecule has 0 saturated carbocycles. The summed E-state index contributed by atoms with van der Waals surface area (Å²) in [6.45, 7) is 5.67. The van der Waals surface area contributed by atoms with Gasteiger partial charge in [-0.1, -0.05) is 13.8 Å². The van der Waals surface area contributed by atoms with Crippen LogP contribution < -0.4 is 5.32 Å². The first-order valence-electron chi connectivity index (χ1n) is 5.55. The topological polar surface area (TPSA) is 58.6 Å². The molecule has 0 aliphatic rings. The third-order valence-corrected chi connectivity index (χ3v) is 2.34. The third kappa shape index (κ3) is 5.70. The van der Waals surface area contributed by atoms with Crippen molar-refractivity contribution in [3.63, 3.8) is 0 Å². The van der Waals surface area contributed by atoms with Gasteiger partial charge in [0, 0.05) is 26.6 Å². The summed E-state index contributed by atoms with van der Waals surface area (Å²) in [6, 6.07) is 0. The average molecular weight is 230 g/mol. The summed E-state index contributed by atoms with van der Waals surface area (Å²) in [7, 11) is 3.06. The molecule has 0 aromatic heterocycles. The van der Waals surface area contributed by atoms with Crippen molar-refractivity contribution in [2.75, 3.05) is 33.8 Å². The third-order valence-electron chi connectivity index (χ3n) is 2.34. The van der Waals surface area contributed by atoms with Crippen LogP contribution in [0.25, 0.3) is 0 Å². The lowest BCUT2D eigenvalue weighted by molar-refractivity contribution is -0.146. The van der Waals surface area contributed by atoms with E-state index < -0.39 is 0 Å². The summed E-state index contributed by atoms with van der Waals surface area (Å²) >= 11 is 0. The zero-order valence-corrected chi connectivity index (χ0v) is 10.6. The number of esters is 1. The van der Waals surface area contributed by atoms with Gasteiger partial charge in [0.25, 0.3) is 0 Å². The first-order chi connectivity index (χ1) is 7.52. The van der Waals surface area contributed by atoms with Gasteiger partial charge in [0.15, 0.2) is 0 Å². The highest BCUT2D eigenvalue weighted by molar-refractivity contribution is 5.77. The summed E-state index contributed by atoms with van der Waals surface area (Å²) in [5.41, 5.74) is 0. The fourth-order valence-corrected chi connectivity index (χ4v) is 1.35. The number of hydrogen-bond donors (Lipinski definition) is 1. The number of amides is 1. The molecule has 0 aliphatic carbocycles. The van der Waals surface area contributed by atoms with E-state index in [0.29, 0.717) is 19.5 Å². The molecule has 5 heteroatoms. The van der Waals surface area contributed by atoms with Gasteiger partial charge in [0.05, 0.1) is 13.0 Å². The minimum atomic E-state index is -0.286. The van der Waals surface area contributed by atoms with Gasteiger partial charge < -0.3 is 15.0 Å². The lowest BCUT2D eigenvalue weighted by atomic mass is 10.1. The SMILES string of the molecule is CCNCCC(=O)N(C)CC(C)C(=O)OC. The molecule has 0 rings (SSSR count). The van der Waals surface area contributed by atoms with Crippen LogP contribution in [0.5, 0.6) is 0 Å². The van der Waals surface area contributed by atoms with E-state index in [2.05, 4.69) is 10.1 Å². The maximum atomic E-state index is 11.6. The highest BCUT2D eigenvalue weighted by atomic mass is 16.5. The zero-order chi connectivity index (χ0) is 12.6. The fourth-order valence-electron chi connectivity index (χ4n) is 1.35. The Kier molecular flexibility index (Phi) is 7.54. The van der Waals surface area contributed by atoms with Gasteiger partial charge >= 0.3 is 5.97 Å². The molecule has 1 amide bonds. The Balaban J connectivity index is 3.90. The second-order valence-electron chi connectivity index (χ2n) is 3.80.